The van der Waals surface area contributed by atoms with E-state index in [0.717, 1.165) is 19.3 Å². The van der Waals surface area contributed by atoms with E-state index >= 15 is 0 Å². The second-order valence-electron chi connectivity index (χ2n) is 5.14. The number of ether oxygens (including phenoxy) is 1. The third-order valence-electron chi connectivity index (χ3n) is 3.60. The number of nitrogens with one attached hydrogen (secondary N) is 1. The Balaban J connectivity index is 1.99. The quantitative estimate of drug-likeness (QED) is 0.741. The standard InChI is InChI=1S/C13H20N2O3S/c1-18-8-7-13(5-6-13)10-15-19(16,17)12-4-2-3-11(14)9-12/h2-4,9,15H,5-8,10,14H2,1H3. The number of hydrogen-bond acceptors (Lipinski definition) is 4. The van der Waals surface area contributed by atoms with Crippen LogP contribution in [0.4, 0.5) is 5.69 Å². The van der Waals surface area contributed by atoms with Crippen LogP contribution in [-0.4, -0.2) is 28.7 Å². The van der Waals surface area contributed by atoms with Gasteiger partial charge in [0.05, 0.1) is 4.90 Å². The minimum absolute atomic E-state index is 0.0867. The molecule has 0 unspecified atom stereocenters. The second-order valence-corrected chi connectivity index (χ2v) is 6.91. The Hall–Kier alpha value is -1.11. The molecule has 1 aromatic carbocycles. The van der Waals surface area contributed by atoms with Gasteiger partial charge >= 0.3 is 0 Å². The number of sulfonamides is 1. The molecule has 0 saturated heterocycles. The Kier molecular flexibility index (Phi) is 4.13. The van der Waals surface area contributed by atoms with E-state index in [9.17, 15) is 8.42 Å². The molecule has 19 heavy (non-hydrogen) atoms. The van der Waals surface area contributed by atoms with Gasteiger partial charge in [0, 0.05) is 25.9 Å². The summed E-state index contributed by atoms with van der Waals surface area (Å²) in [4.78, 5) is 0.218. The minimum Gasteiger partial charge on any atom is -0.399 e. The lowest BCUT2D eigenvalue weighted by Gasteiger charge is -2.15. The van der Waals surface area contributed by atoms with Crippen molar-refractivity contribution in [2.24, 2.45) is 5.41 Å². The fourth-order valence-electron chi connectivity index (χ4n) is 2.02. The van der Waals surface area contributed by atoms with E-state index in [4.69, 9.17) is 10.5 Å². The second kappa shape index (κ2) is 5.48. The highest BCUT2D eigenvalue weighted by molar-refractivity contribution is 7.89. The third kappa shape index (κ3) is 3.68. The molecule has 5 nitrogen and oxygen atoms in total. The van der Waals surface area contributed by atoms with Crippen molar-refractivity contribution >= 4 is 15.7 Å². The monoisotopic (exact) mass is 284 g/mol. The summed E-state index contributed by atoms with van der Waals surface area (Å²) in [5.74, 6) is 0. The molecule has 0 radical (unpaired) electrons. The Morgan fingerprint density at radius 3 is 2.74 bits per heavy atom. The molecule has 106 valence electrons. The van der Waals surface area contributed by atoms with Gasteiger partial charge < -0.3 is 10.5 Å². The van der Waals surface area contributed by atoms with E-state index in [1.54, 1.807) is 25.3 Å². The number of methoxy groups -OCH3 is 1. The van der Waals surface area contributed by atoms with Crippen LogP contribution >= 0.6 is 0 Å². The highest BCUT2D eigenvalue weighted by Crippen LogP contribution is 2.48. The van der Waals surface area contributed by atoms with Gasteiger partial charge in [-0.25, -0.2) is 13.1 Å². The van der Waals surface area contributed by atoms with E-state index in [1.165, 1.54) is 6.07 Å². The first kappa shape index (κ1) is 14.3. The Labute approximate surface area is 114 Å². The van der Waals surface area contributed by atoms with Crippen molar-refractivity contribution in [3.63, 3.8) is 0 Å². The third-order valence-corrected chi connectivity index (χ3v) is 5.00. The van der Waals surface area contributed by atoms with Gasteiger partial charge in [-0.05, 0) is 42.9 Å². The van der Waals surface area contributed by atoms with Gasteiger partial charge in [-0.15, -0.1) is 0 Å². The topological polar surface area (TPSA) is 81.4 Å². The van der Waals surface area contributed by atoms with Gasteiger partial charge in [0.25, 0.3) is 0 Å². The van der Waals surface area contributed by atoms with Crippen LogP contribution in [0.25, 0.3) is 0 Å². The highest BCUT2D eigenvalue weighted by atomic mass is 32.2. The van der Waals surface area contributed by atoms with Crippen molar-refractivity contribution < 1.29 is 13.2 Å². The van der Waals surface area contributed by atoms with Gasteiger partial charge in [-0.2, -0.15) is 0 Å². The molecule has 1 aromatic rings. The predicted octanol–water partition coefficient (Wildman–Crippen LogP) is 1.36. The van der Waals surface area contributed by atoms with Crippen molar-refractivity contribution in [2.45, 2.75) is 24.2 Å². The molecule has 0 aliphatic heterocycles. The zero-order valence-electron chi connectivity index (χ0n) is 11.1. The van der Waals surface area contributed by atoms with E-state index in [1.807, 2.05) is 0 Å². The van der Waals surface area contributed by atoms with Crippen molar-refractivity contribution in [3.05, 3.63) is 24.3 Å². The summed E-state index contributed by atoms with van der Waals surface area (Å²) in [6.07, 6.45) is 2.99. The number of rotatable bonds is 7. The summed E-state index contributed by atoms with van der Waals surface area (Å²) in [5, 5.41) is 0. The van der Waals surface area contributed by atoms with Gasteiger partial charge in [0.1, 0.15) is 0 Å². The average molecular weight is 284 g/mol. The number of hydrogen-bond donors (Lipinski definition) is 2. The summed E-state index contributed by atoms with van der Waals surface area (Å²) < 4.78 is 32.0. The molecule has 0 heterocycles. The Morgan fingerprint density at radius 2 is 2.16 bits per heavy atom. The van der Waals surface area contributed by atoms with Crippen molar-refractivity contribution in [2.75, 3.05) is 26.0 Å². The van der Waals surface area contributed by atoms with E-state index in [2.05, 4.69) is 4.72 Å². The van der Waals surface area contributed by atoms with E-state index < -0.39 is 10.0 Å². The maximum Gasteiger partial charge on any atom is 0.240 e. The van der Waals surface area contributed by atoms with Crippen LogP contribution in [0.5, 0.6) is 0 Å². The van der Waals surface area contributed by atoms with Crippen LogP contribution in [0.1, 0.15) is 19.3 Å². The molecule has 0 spiro atoms. The number of nitrogens with two attached hydrogens (primary N) is 1. The molecule has 0 aromatic heterocycles. The lowest BCUT2D eigenvalue weighted by Crippen LogP contribution is -2.31. The van der Waals surface area contributed by atoms with Crippen LogP contribution in [0, 0.1) is 5.41 Å². The predicted molar refractivity (Wildman–Crippen MR) is 74.2 cm³/mol. The van der Waals surface area contributed by atoms with Gasteiger partial charge in [-0.3, -0.25) is 0 Å². The first-order valence-corrected chi connectivity index (χ1v) is 7.80. The maximum absolute atomic E-state index is 12.1. The normalized spacial score (nSPS) is 17.3. The van der Waals surface area contributed by atoms with E-state index in [-0.39, 0.29) is 10.3 Å². The fourth-order valence-corrected chi connectivity index (χ4v) is 3.24. The molecule has 1 fully saturated rings. The van der Waals surface area contributed by atoms with Crippen LogP contribution < -0.4 is 10.5 Å². The maximum atomic E-state index is 12.1. The van der Waals surface area contributed by atoms with Crippen molar-refractivity contribution in [1.29, 1.82) is 0 Å². The number of nitrogen functional groups attached to an aromatic ring is 1. The Morgan fingerprint density at radius 1 is 1.42 bits per heavy atom. The summed E-state index contributed by atoms with van der Waals surface area (Å²) in [6.45, 7) is 1.13. The molecule has 1 aliphatic rings. The van der Waals surface area contributed by atoms with E-state index in [0.29, 0.717) is 18.8 Å². The molecule has 2 rings (SSSR count). The summed E-state index contributed by atoms with van der Waals surface area (Å²) >= 11 is 0. The lowest BCUT2D eigenvalue weighted by atomic mass is 10.0. The van der Waals surface area contributed by atoms with Gasteiger partial charge in [0.2, 0.25) is 10.0 Å². The molecule has 0 atom stereocenters. The van der Waals surface area contributed by atoms with Crippen LogP contribution in [0.3, 0.4) is 0 Å². The first-order valence-electron chi connectivity index (χ1n) is 6.32. The smallest absolute Gasteiger partial charge is 0.240 e. The summed E-state index contributed by atoms with van der Waals surface area (Å²) in [5.41, 5.74) is 6.14. The van der Waals surface area contributed by atoms with Crippen LogP contribution in [-0.2, 0) is 14.8 Å². The van der Waals surface area contributed by atoms with Crippen molar-refractivity contribution in [1.82, 2.24) is 4.72 Å². The number of anilines is 1. The van der Waals surface area contributed by atoms with Crippen LogP contribution in [0.2, 0.25) is 0 Å². The molecule has 0 bridgehead atoms. The fraction of sp³-hybridized carbons (Fsp3) is 0.538. The summed E-state index contributed by atoms with van der Waals surface area (Å²) in [6, 6.07) is 6.33. The molecular weight excluding hydrogens is 264 g/mol. The SMILES string of the molecule is COCCC1(CNS(=O)(=O)c2cccc(N)c2)CC1. The average Bonchev–Trinajstić information content (AvgIpc) is 3.15. The van der Waals surface area contributed by atoms with Crippen LogP contribution in [0.15, 0.2) is 29.2 Å². The number of benzene rings is 1. The van der Waals surface area contributed by atoms with Crippen molar-refractivity contribution in [3.8, 4) is 0 Å². The molecule has 0 amide bonds. The molecule has 6 heteroatoms. The lowest BCUT2D eigenvalue weighted by molar-refractivity contribution is 0.173. The van der Waals surface area contributed by atoms with Gasteiger partial charge in [-0.1, -0.05) is 6.07 Å². The Bertz CT molecular complexity index is 539. The summed E-state index contributed by atoms with van der Waals surface area (Å²) in [7, 11) is -1.81. The largest absolute Gasteiger partial charge is 0.399 e. The molecule has 1 aliphatic carbocycles. The molecule has 3 N–H and O–H groups in total. The molecular formula is C13H20N2O3S. The van der Waals surface area contributed by atoms with Gasteiger partial charge in [0.15, 0.2) is 0 Å². The zero-order chi connectivity index (χ0) is 13.9. The minimum atomic E-state index is -3.47. The first-order chi connectivity index (χ1) is 8.97. The zero-order valence-corrected chi connectivity index (χ0v) is 11.9. The molecule has 1 saturated carbocycles. The highest BCUT2D eigenvalue weighted by Gasteiger charge is 2.42.